The molecule has 5 nitrogen and oxygen atoms in total. The first-order valence-corrected chi connectivity index (χ1v) is 4.47. The van der Waals surface area contributed by atoms with Gasteiger partial charge in [0.2, 0.25) is 5.76 Å². The maximum atomic E-state index is 10.4. The molecule has 0 rings (SSSR count). The zero-order chi connectivity index (χ0) is 9.07. The van der Waals surface area contributed by atoms with Crippen LogP contribution in [0.1, 0.15) is 6.92 Å². The number of hydrogen-bond acceptors (Lipinski definition) is 4. The van der Waals surface area contributed by atoms with E-state index in [1.54, 1.807) is 0 Å². The summed E-state index contributed by atoms with van der Waals surface area (Å²) in [5, 5.41) is 8.28. The molecule has 0 unspecified atom stereocenters. The van der Waals surface area contributed by atoms with Crippen molar-refractivity contribution in [3.63, 3.8) is 0 Å². The fourth-order valence-corrected chi connectivity index (χ4v) is 0.864. The largest absolute Gasteiger partial charge is 0.475 e. The maximum absolute atomic E-state index is 10.4. The van der Waals surface area contributed by atoms with E-state index in [0.717, 1.165) is 12.3 Å². The van der Waals surface area contributed by atoms with E-state index in [9.17, 15) is 13.2 Å². The molecule has 0 amide bonds. The van der Waals surface area contributed by atoms with Crippen LogP contribution in [0.25, 0.3) is 0 Å². The van der Waals surface area contributed by atoms with Gasteiger partial charge in [-0.15, -0.1) is 0 Å². The molecule has 0 aliphatic carbocycles. The van der Waals surface area contributed by atoms with Crippen molar-refractivity contribution in [1.29, 1.82) is 0 Å². The highest BCUT2D eigenvalue weighted by atomic mass is 32.2. The molecular weight excluding hydrogens is 172 g/mol. The molecule has 64 valence electrons. The van der Waals surface area contributed by atoms with E-state index in [1.165, 1.54) is 6.92 Å². The van der Waals surface area contributed by atoms with Gasteiger partial charge in [0.15, 0.2) is 0 Å². The Hall–Kier alpha value is -1.04. The fourth-order valence-electron chi connectivity index (χ4n) is 0.370. The van der Waals surface area contributed by atoms with Gasteiger partial charge in [-0.3, -0.25) is 0 Å². The van der Waals surface area contributed by atoms with Gasteiger partial charge in [-0.1, -0.05) is 0 Å². The molecule has 0 saturated carbocycles. The van der Waals surface area contributed by atoms with Gasteiger partial charge in [0.25, 0.3) is 0 Å². The number of carbonyl (C=O) groups is 1. The van der Waals surface area contributed by atoms with Crippen LogP contribution in [0.3, 0.4) is 0 Å². The van der Waals surface area contributed by atoms with Crippen molar-refractivity contribution >= 4 is 16.1 Å². The molecule has 0 heterocycles. The summed E-state index contributed by atoms with van der Waals surface area (Å²) in [6, 6.07) is 0. The lowest BCUT2D eigenvalue weighted by atomic mass is 10.5. The van der Waals surface area contributed by atoms with Crippen molar-refractivity contribution in [3.8, 4) is 0 Å². The first kappa shape index (κ1) is 9.96. The summed E-state index contributed by atoms with van der Waals surface area (Å²) in [4.78, 5) is 10.2. The highest BCUT2D eigenvalue weighted by molar-refractivity contribution is 7.86. The number of allylic oxidation sites excluding steroid dienone is 1. The lowest BCUT2D eigenvalue weighted by Gasteiger charge is -2.00. The molecule has 1 N–H and O–H groups in total. The van der Waals surface area contributed by atoms with Crippen LogP contribution in [0.5, 0.6) is 0 Å². The van der Waals surface area contributed by atoms with Crippen molar-refractivity contribution in [1.82, 2.24) is 0 Å². The molecule has 0 aromatic rings. The minimum absolute atomic E-state index is 0.590. The second kappa shape index (κ2) is 3.38. The predicted octanol–water partition coefficient (Wildman–Crippen LogP) is -0.0490. The summed E-state index contributed by atoms with van der Waals surface area (Å²) in [5.41, 5.74) is 0. The molecular formula is C5H8O5S. The molecule has 6 heteroatoms. The van der Waals surface area contributed by atoms with Crippen LogP contribution in [0.15, 0.2) is 11.8 Å². The van der Waals surface area contributed by atoms with E-state index in [2.05, 4.69) is 4.18 Å². The maximum Gasteiger partial charge on any atom is 0.372 e. The normalized spacial score (nSPS) is 12.7. The third kappa shape index (κ3) is 4.38. The lowest BCUT2D eigenvalue weighted by molar-refractivity contribution is -0.135. The summed E-state index contributed by atoms with van der Waals surface area (Å²) >= 11 is 0. The minimum atomic E-state index is -3.73. The molecule has 0 spiro atoms. The van der Waals surface area contributed by atoms with Gasteiger partial charge in [-0.05, 0) is 13.0 Å². The van der Waals surface area contributed by atoms with Gasteiger partial charge < -0.3 is 9.29 Å². The van der Waals surface area contributed by atoms with Crippen LogP contribution in [-0.2, 0) is 19.1 Å². The molecule has 0 aromatic carbocycles. The molecule has 11 heavy (non-hydrogen) atoms. The zero-order valence-corrected chi connectivity index (χ0v) is 6.88. The van der Waals surface area contributed by atoms with Gasteiger partial charge in [0, 0.05) is 0 Å². The first-order chi connectivity index (χ1) is 4.87. The predicted molar refractivity (Wildman–Crippen MR) is 37.3 cm³/mol. The number of carboxylic acids is 1. The van der Waals surface area contributed by atoms with Gasteiger partial charge in [0.05, 0.1) is 6.26 Å². The highest BCUT2D eigenvalue weighted by Gasteiger charge is 2.12. The lowest BCUT2D eigenvalue weighted by Crippen LogP contribution is -2.09. The molecule has 0 atom stereocenters. The third-order valence-electron chi connectivity index (χ3n) is 0.714. The SMILES string of the molecule is C/C=C(\OS(C)(=O)=O)C(=O)O. The van der Waals surface area contributed by atoms with Crippen molar-refractivity contribution in [2.75, 3.05) is 6.26 Å². The molecule has 0 saturated heterocycles. The molecule has 0 aliphatic heterocycles. The number of aliphatic carboxylic acids is 1. The summed E-state index contributed by atoms with van der Waals surface area (Å²) in [6.45, 7) is 1.37. The van der Waals surface area contributed by atoms with E-state index in [4.69, 9.17) is 5.11 Å². The van der Waals surface area contributed by atoms with Crippen molar-refractivity contribution in [2.24, 2.45) is 0 Å². The Morgan fingerprint density at radius 3 is 2.09 bits per heavy atom. The Kier molecular flexibility index (Phi) is 3.06. The average Bonchev–Trinajstić information content (AvgIpc) is 1.80. The van der Waals surface area contributed by atoms with Crippen LogP contribution in [0.4, 0.5) is 0 Å². The number of hydrogen-bond donors (Lipinski definition) is 1. The van der Waals surface area contributed by atoms with Gasteiger partial charge in [-0.25, -0.2) is 4.79 Å². The van der Waals surface area contributed by atoms with Crippen LogP contribution < -0.4 is 0 Å². The quantitative estimate of drug-likeness (QED) is 0.374. The monoisotopic (exact) mass is 180 g/mol. The van der Waals surface area contributed by atoms with Gasteiger partial charge in [0.1, 0.15) is 0 Å². The Morgan fingerprint density at radius 1 is 1.55 bits per heavy atom. The van der Waals surface area contributed by atoms with E-state index in [0.29, 0.717) is 0 Å². The molecule has 0 aromatic heterocycles. The summed E-state index contributed by atoms with van der Waals surface area (Å²) in [6.07, 6.45) is 1.84. The second-order valence-corrected chi connectivity index (χ2v) is 3.32. The minimum Gasteiger partial charge on any atom is -0.475 e. The molecule has 0 bridgehead atoms. The molecule has 0 fully saturated rings. The third-order valence-corrected chi connectivity index (χ3v) is 1.20. The van der Waals surface area contributed by atoms with E-state index in [-0.39, 0.29) is 0 Å². The Morgan fingerprint density at radius 2 is 2.00 bits per heavy atom. The zero-order valence-electron chi connectivity index (χ0n) is 6.07. The smallest absolute Gasteiger partial charge is 0.372 e. The Bertz CT molecular complexity index is 273. The van der Waals surface area contributed by atoms with Crippen LogP contribution in [0, 0.1) is 0 Å². The average molecular weight is 180 g/mol. The van der Waals surface area contributed by atoms with Gasteiger partial charge in [-0.2, -0.15) is 8.42 Å². The Labute approximate surface area is 64.4 Å². The van der Waals surface area contributed by atoms with Crippen molar-refractivity contribution in [3.05, 3.63) is 11.8 Å². The summed E-state index contributed by atoms with van der Waals surface area (Å²) in [5.74, 6) is -1.99. The van der Waals surface area contributed by atoms with Crippen LogP contribution in [0.2, 0.25) is 0 Å². The molecule has 0 radical (unpaired) electrons. The summed E-state index contributed by atoms with van der Waals surface area (Å²) < 4.78 is 24.8. The topological polar surface area (TPSA) is 80.7 Å². The van der Waals surface area contributed by atoms with Crippen molar-refractivity contribution in [2.45, 2.75) is 6.92 Å². The van der Waals surface area contributed by atoms with E-state index < -0.39 is 21.8 Å². The van der Waals surface area contributed by atoms with E-state index in [1.807, 2.05) is 0 Å². The standard InChI is InChI=1S/C5H8O5S/c1-3-4(5(6)7)10-11(2,8)9/h3H,1-2H3,(H,6,7)/b4-3-. The van der Waals surface area contributed by atoms with Crippen LogP contribution in [-0.4, -0.2) is 25.7 Å². The Balaban J connectivity index is 4.50. The van der Waals surface area contributed by atoms with Crippen LogP contribution >= 0.6 is 0 Å². The fraction of sp³-hybridized carbons (Fsp3) is 0.400. The summed E-state index contributed by atoms with van der Waals surface area (Å²) in [7, 11) is -3.73. The van der Waals surface area contributed by atoms with Crippen molar-refractivity contribution < 1.29 is 22.5 Å². The second-order valence-electron chi connectivity index (χ2n) is 1.75. The van der Waals surface area contributed by atoms with Gasteiger partial charge >= 0.3 is 16.1 Å². The first-order valence-electron chi connectivity index (χ1n) is 2.66. The molecule has 0 aliphatic rings. The number of carboxylic acid groups (broad SMARTS) is 1. The van der Waals surface area contributed by atoms with E-state index >= 15 is 0 Å². The number of rotatable bonds is 3. The highest BCUT2D eigenvalue weighted by Crippen LogP contribution is 2.01.